The van der Waals surface area contributed by atoms with E-state index >= 15 is 0 Å². The molecule has 2 rings (SSSR count). The highest BCUT2D eigenvalue weighted by atomic mass is 127. The molecule has 0 bridgehead atoms. The minimum atomic E-state index is -0.407. The molecule has 7 heteroatoms. The van der Waals surface area contributed by atoms with Crippen LogP contribution in [0.2, 0.25) is 5.02 Å². The smallest absolute Gasteiger partial charge is 0.191 e. The van der Waals surface area contributed by atoms with Gasteiger partial charge in [0.2, 0.25) is 0 Å². The van der Waals surface area contributed by atoms with Crippen LogP contribution < -0.4 is 10.6 Å². The predicted octanol–water partition coefficient (Wildman–Crippen LogP) is 3.97. The second kappa shape index (κ2) is 11.9. The lowest BCUT2D eigenvalue weighted by molar-refractivity contribution is 0.123. The van der Waals surface area contributed by atoms with Crippen molar-refractivity contribution in [2.45, 2.75) is 32.7 Å². The Kier molecular flexibility index (Phi) is 10.6. The molecule has 0 aromatic heterocycles. The summed E-state index contributed by atoms with van der Waals surface area (Å²) in [5.74, 6) is 1.15. The van der Waals surface area contributed by atoms with Crippen LogP contribution in [0.5, 0.6) is 0 Å². The minimum absolute atomic E-state index is 0. The zero-order valence-electron chi connectivity index (χ0n) is 14.0. The zero-order chi connectivity index (χ0) is 16.5. The van der Waals surface area contributed by atoms with E-state index in [1.54, 1.807) is 12.1 Å². The Bertz CT molecular complexity index is 527. The molecule has 1 aliphatic carbocycles. The van der Waals surface area contributed by atoms with Gasteiger partial charge in [-0.3, -0.25) is 0 Å². The van der Waals surface area contributed by atoms with Gasteiger partial charge in [0.15, 0.2) is 5.96 Å². The van der Waals surface area contributed by atoms with Crippen LogP contribution >= 0.6 is 35.6 Å². The van der Waals surface area contributed by atoms with E-state index in [0.717, 1.165) is 50.2 Å². The molecule has 0 aliphatic heterocycles. The van der Waals surface area contributed by atoms with E-state index in [1.165, 1.54) is 18.9 Å². The van der Waals surface area contributed by atoms with Crippen molar-refractivity contribution < 1.29 is 9.13 Å². The molecule has 1 saturated carbocycles. The van der Waals surface area contributed by atoms with E-state index in [1.807, 2.05) is 6.92 Å². The summed E-state index contributed by atoms with van der Waals surface area (Å²) in [6.45, 7) is 5.74. The molecule has 1 aromatic rings. The van der Waals surface area contributed by atoms with Crippen molar-refractivity contribution in [2.75, 3.05) is 26.3 Å². The molecule has 0 atom stereocenters. The van der Waals surface area contributed by atoms with Crippen molar-refractivity contribution in [1.29, 1.82) is 0 Å². The molecular weight excluding hydrogens is 444 g/mol. The molecule has 0 unspecified atom stereocenters. The van der Waals surface area contributed by atoms with Crippen LogP contribution in [0.3, 0.4) is 0 Å². The Morgan fingerprint density at radius 1 is 1.38 bits per heavy atom. The van der Waals surface area contributed by atoms with Crippen molar-refractivity contribution >= 4 is 41.5 Å². The maximum Gasteiger partial charge on any atom is 0.191 e. The van der Waals surface area contributed by atoms with Gasteiger partial charge in [0.1, 0.15) is 5.82 Å². The third-order valence-electron chi connectivity index (χ3n) is 3.56. The lowest BCUT2D eigenvalue weighted by Crippen LogP contribution is -2.38. The number of nitrogens with zero attached hydrogens (tertiary/aromatic N) is 1. The molecule has 2 N–H and O–H groups in total. The van der Waals surface area contributed by atoms with Gasteiger partial charge in [0.25, 0.3) is 0 Å². The van der Waals surface area contributed by atoms with Crippen molar-refractivity contribution in [3.63, 3.8) is 0 Å². The van der Waals surface area contributed by atoms with Crippen LogP contribution in [0.25, 0.3) is 0 Å². The van der Waals surface area contributed by atoms with Crippen molar-refractivity contribution in [3.05, 3.63) is 34.6 Å². The number of hydrogen-bond acceptors (Lipinski definition) is 2. The van der Waals surface area contributed by atoms with E-state index < -0.39 is 5.82 Å². The van der Waals surface area contributed by atoms with Gasteiger partial charge in [-0.25, -0.2) is 9.38 Å². The van der Waals surface area contributed by atoms with Crippen LogP contribution in [0.1, 0.15) is 31.7 Å². The molecule has 1 aromatic carbocycles. The SMILES string of the molecule is CCNC(=NCc1ccc(F)c(Cl)c1)NCCCOCC1CC1.I. The lowest BCUT2D eigenvalue weighted by Gasteiger charge is -2.11. The molecule has 1 aliphatic rings. The molecule has 0 saturated heterocycles. The Labute approximate surface area is 165 Å². The molecule has 0 heterocycles. The van der Waals surface area contributed by atoms with E-state index in [4.69, 9.17) is 16.3 Å². The number of aliphatic imine (C=N–C) groups is 1. The van der Waals surface area contributed by atoms with Gasteiger partial charge in [-0.2, -0.15) is 0 Å². The van der Waals surface area contributed by atoms with Crippen molar-refractivity contribution in [3.8, 4) is 0 Å². The summed E-state index contributed by atoms with van der Waals surface area (Å²) in [6.07, 6.45) is 3.59. The van der Waals surface area contributed by atoms with Gasteiger partial charge in [-0.1, -0.05) is 17.7 Å². The number of guanidine groups is 1. The Morgan fingerprint density at radius 3 is 2.83 bits per heavy atom. The second-order valence-corrected chi connectivity index (χ2v) is 6.15. The number of nitrogens with one attached hydrogen (secondary N) is 2. The Morgan fingerprint density at radius 2 is 2.17 bits per heavy atom. The first-order valence-electron chi connectivity index (χ1n) is 8.23. The van der Waals surface area contributed by atoms with E-state index in [2.05, 4.69) is 15.6 Å². The molecule has 0 radical (unpaired) electrons. The second-order valence-electron chi connectivity index (χ2n) is 5.74. The number of hydrogen-bond donors (Lipinski definition) is 2. The maximum atomic E-state index is 13.1. The van der Waals surface area contributed by atoms with Crippen LogP contribution in [0, 0.1) is 11.7 Å². The summed E-state index contributed by atoms with van der Waals surface area (Å²) in [7, 11) is 0. The lowest BCUT2D eigenvalue weighted by atomic mass is 10.2. The van der Waals surface area contributed by atoms with Gasteiger partial charge in [-0.05, 0) is 49.8 Å². The average molecular weight is 470 g/mol. The van der Waals surface area contributed by atoms with E-state index in [9.17, 15) is 4.39 Å². The van der Waals surface area contributed by atoms with Crippen molar-refractivity contribution in [1.82, 2.24) is 10.6 Å². The first-order chi connectivity index (χ1) is 11.2. The number of halogens is 3. The summed E-state index contributed by atoms with van der Waals surface area (Å²) in [4.78, 5) is 4.48. The summed E-state index contributed by atoms with van der Waals surface area (Å²) in [5.41, 5.74) is 0.876. The number of ether oxygens (including phenoxy) is 1. The summed E-state index contributed by atoms with van der Waals surface area (Å²) in [6, 6.07) is 4.67. The normalized spacial score (nSPS) is 14.2. The molecule has 0 spiro atoms. The summed E-state index contributed by atoms with van der Waals surface area (Å²) < 4.78 is 18.7. The largest absolute Gasteiger partial charge is 0.381 e. The number of rotatable bonds is 9. The molecule has 136 valence electrons. The first-order valence-corrected chi connectivity index (χ1v) is 8.60. The average Bonchev–Trinajstić information content (AvgIpc) is 3.35. The quantitative estimate of drug-likeness (QED) is 0.249. The minimum Gasteiger partial charge on any atom is -0.381 e. The summed E-state index contributed by atoms with van der Waals surface area (Å²) >= 11 is 5.78. The molecule has 4 nitrogen and oxygen atoms in total. The Hall–Kier alpha value is -0.600. The van der Waals surface area contributed by atoms with Crippen LogP contribution in [0.15, 0.2) is 23.2 Å². The van der Waals surface area contributed by atoms with Gasteiger partial charge in [0, 0.05) is 26.3 Å². The highest BCUT2D eigenvalue weighted by molar-refractivity contribution is 14.0. The van der Waals surface area contributed by atoms with Gasteiger partial charge in [0.05, 0.1) is 11.6 Å². The van der Waals surface area contributed by atoms with Crippen LogP contribution in [-0.2, 0) is 11.3 Å². The van der Waals surface area contributed by atoms with Gasteiger partial charge in [-0.15, -0.1) is 24.0 Å². The highest BCUT2D eigenvalue weighted by Crippen LogP contribution is 2.28. The van der Waals surface area contributed by atoms with E-state index in [-0.39, 0.29) is 29.0 Å². The molecule has 0 amide bonds. The predicted molar refractivity (Wildman–Crippen MR) is 108 cm³/mol. The number of benzene rings is 1. The molecule has 1 fully saturated rings. The topological polar surface area (TPSA) is 45.7 Å². The van der Waals surface area contributed by atoms with Crippen LogP contribution in [-0.4, -0.2) is 32.3 Å². The van der Waals surface area contributed by atoms with Crippen LogP contribution in [0.4, 0.5) is 4.39 Å². The molecular formula is C17H26ClFIN3O. The van der Waals surface area contributed by atoms with E-state index in [0.29, 0.717) is 6.54 Å². The first kappa shape index (κ1) is 21.4. The van der Waals surface area contributed by atoms with Crippen molar-refractivity contribution in [2.24, 2.45) is 10.9 Å². The Balaban J connectivity index is 0.00000288. The van der Waals surface area contributed by atoms with Gasteiger partial charge >= 0.3 is 0 Å². The zero-order valence-corrected chi connectivity index (χ0v) is 17.1. The fourth-order valence-electron chi connectivity index (χ4n) is 2.07. The van der Waals surface area contributed by atoms with Gasteiger partial charge < -0.3 is 15.4 Å². The summed E-state index contributed by atoms with van der Waals surface area (Å²) in [5, 5.41) is 6.59. The monoisotopic (exact) mass is 469 g/mol. The maximum absolute atomic E-state index is 13.1. The fraction of sp³-hybridized carbons (Fsp3) is 0.588. The highest BCUT2D eigenvalue weighted by Gasteiger charge is 2.20. The third kappa shape index (κ3) is 8.48. The fourth-order valence-corrected chi connectivity index (χ4v) is 2.27. The standard InChI is InChI=1S/C17H25ClFN3O.HI/c1-2-20-17(21-8-3-9-23-12-13-4-5-13)22-11-14-6-7-16(19)15(18)10-14;/h6-7,10,13H,2-5,8-9,11-12H2,1H3,(H2,20,21,22);1H. The third-order valence-corrected chi connectivity index (χ3v) is 3.85. The molecule has 24 heavy (non-hydrogen) atoms.